The Hall–Kier alpha value is -2.55. The average Bonchev–Trinajstić information content (AvgIpc) is 3.39. The van der Waals surface area contributed by atoms with Gasteiger partial charge in [-0.3, -0.25) is 9.78 Å². The minimum absolute atomic E-state index is 0.238. The Kier molecular flexibility index (Phi) is 4.78. The standard InChI is InChI=1S/C25H26FNO/c1-24(11-12-24)17-25(2,15-18-7-4-3-5-8-18)22(28)14-19-13-20-9-6-10-21(26)23(20)27-16-19/h3-10,13,16H,11-12,14-15,17H2,1-2H3. The van der Waals surface area contributed by atoms with Crippen LogP contribution in [-0.4, -0.2) is 10.8 Å². The maximum absolute atomic E-state index is 13.9. The fourth-order valence-electron chi connectivity index (χ4n) is 4.30. The molecule has 1 aromatic heterocycles. The Morgan fingerprint density at radius 3 is 2.57 bits per heavy atom. The molecule has 0 aliphatic heterocycles. The fourth-order valence-corrected chi connectivity index (χ4v) is 4.30. The molecule has 3 heteroatoms. The Morgan fingerprint density at radius 2 is 1.86 bits per heavy atom. The van der Waals surface area contributed by atoms with Crippen LogP contribution in [-0.2, 0) is 17.6 Å². The van der Waals surface area contributed by atoms with Crippen molar-refractivity contribution in [2.75, 3.05) is 0 Å². The quantitative estimate of drug-likeness (QED) is 0.513. The number of hydrogen-bond acceptors (Lipinski definition) is 2. The van der Waals surface area contributed by atoms with E-state index in [0.717, 1.165) is 23.8 Å². The highest BCUT2D eigenvalue weighted by Crippen LogP contribution is 2.54. The number of Topliss-reactive ketones (excluding diaryl/α,β-unsaturated/α-hetero) is 1. The zero-order valence-corrected chi connectivity index (χ0v) is 16.5. The smallest absolute Gasteiger partial charge is 0.149 e. The molecule has 28 heavy (non-hydrogen) atoms. The van der Waals surface area contributed by atoms with Crippen molar-refractivity contribution < 1.29 is 9.18 Å². The predicted molar refractivity (Wildman–Crippen MR) is 111 cm³/mol. The highest BCUT2D eigenvalue weighted by atomic mass is 19.1. The van der Waals surface area contributed by atoms with Gasteiger partial charge in [0.15, 0.2) is 0 Å². The number of hydrogen-bond donors (Lipinski definition) is 0. The van der Waals surface area contributed by atoms with Crippen molar-refractivity contribution in [2.45, 2.75) is 46.0 Å². The summed E-state index contributed by atoms with van der Waals surface area (Å²) in [4.78, 5) is 17.7. The summed E-state index contributed by atoms with van der Waals surface area (Å²) in [7, 11) is 0. The lowest BCUT2D eigenvalue weighted by Crippen LogP contribution is -2.34. The molecular weight excluding hydrogens is 349 g/mol. The third-order valence-corrected chi connectivity index (χ3v) is 6.11. The summed E-state index contributed by atoms with van der Waals surface area (Å²) in [5, 5.41) is 0.740. The molecule has 3 aromatic rings. The molecule has 1 atom stereocenters. The van der Waals surface area contributed by atoms with Crippen LogP contribution in [0.2, 0.25) is 0 Å². The summed E-state index contributed by atoms with van der Waals surface area (Å²) in [5.74, 6) is -0.0898. The van der Waals surface area contributed by atoms with Gasteiger partial charge in [0, 0.05) is 23.4 Å². The molecule has 144 valence electrons. The molecule has 1 heterocycles. The molecule has 0 bridgehead atoms. The molecule has 2 aromatic carbocycles. The number of carbonyl (C=O) groups is 1. The van der Waals surface area contributed by atoms with E-state index in [-0.39, 0.29) is 17.0 Å². The van der Waals surface area contributed by atoms with Crippen LogP contribution in [0.5, 0.6) is 0 Å². The van der Waals surface area contributed by atoms with E-state index >= 15 is 0 Å². The van der Waals surface area contributed by atoms with Gasteiger partial charge in [-0.2, -0.15) is 0 Å². The Labute approximate surface area is 165 Å². The third kappa shape index (κ3) is 3.99. The van der Waals surface area contributed by atoms with E-state index < -0.39 is 5.41 Å². The number of ketones is 1. The zero-order chi connectivity index (χ0) is 19.8. The van der Waals surface area contributed by atoms with E-state index in [2.05, 4.69) is 31.0 Å². The minimum atomic E-state index is -0.413. The number of halogens is 1. The van der Waals surface area contributed by atoms with E-state index in [1.165, 1.54) is 24.5 Å². The van der Waals surface area contributed by atoms with Crippen molar-refractivity contribution in [2.24, 2.45) is 10.8 Å². The van der Waals surface area contributed by atoms with Crippen molar-refractivity contribution in [3.63, 3.8) is 0 Å². The lowest BCUT2D eigenvalue weighted by atomic mass is 9.71. The number of benzene rings is 2. The average molecular weight is 375 g/mol. The highest BCUT2D eigenvalue weighted by molar-refractivity contribution is 5.88. The molecule has 1 unspecified atom stereocenters. The van der Waals surface area contributed by atoms with E-state index in [4.69, 9.17) is 0 Å². The predicted octanol–water partition coefficient (Wildman–Crippen LogP) is 5.92. The molecule has 0 amide bonds. The van der Waals surface area contributed by atoms with Crippen LogP contribution in [0.3, 0.4) is 0 Å². The van der Waals surface area contributed by atoms with Crippen LogP contribution in [0, 0.1) is 16.6 Å². The topological polar surface area (TPSA) is 30.0 Å². The Morgan fingerprint density at radius 1 is 1.11 bits per heavy atom. The van der Waals surface area contributed by atoms with E-state index in [1.54, 1.807) is 12.3 Å². The summed E-state index contributed by atoms with van der Waals surface area (Å²) >= 11 is 0. The van der Waals surface area contributed by atoms with Gasteiger partial charge < -0.3 is 0 Å². The summed E-state index contributed by atoms with van der Waals surface area (Å²) < 4.78 is 13.9. The lowest BCUT2D eigenvalue weighted by Gasteiger charge is -2.31. The number of para-hydroxylation sites is 1. The van der Waals surface area contributed by atoms with Gasteiger partial charge >= 0.3 is 0 Å². The number of aromatic nitrogens is 1. The monoisotopic (exact) mass is 375 g/mol. The largest absolute Gasteiger partial charge is 0.299 e. The van der Waals surface area contributed by atoms with Gasteiger partial charge in [-0.15, -0.1) is 0 Å². The van der Waals surface area contributed by atoms with Crippen molar-refractivity contribution in [3.05, 3.63) is 77.7 Å². The van der Waals surface area contributed by atoms with Gasteiger partial charge in [0.25, 0.3) is 0 Å². The number of carbonyl (C=O) groups excluding carboxylic acids is 1. The second-order valence-electron chi connectivity index (χ2n) is 8.97. The molecule has 1 aliphatic carbocycles. The summed E-state index contributed by atoms with van der Waals surface area (Å²) in [6.07, 6.45) is 6.02. The molecule has 1 aliphatic rings. The maximum Gasteiger partial charge on any atom is 0.149 e. The van der Waals surface area contributed by atoms with E-state index in [0.29, 0.717) is 11.9 Å². The van der Waals surface area contributed by atoms with Crippen LogP contribution in [0.1, 0.15) is 44.2 Å². The third-order valence-electron chi connectivity index (χ3n) is 6.11. The molecule has 1 fully saturated rings. The summed E-state index contributed by atoms with van der Waals surface area (Å²) in [6, 6.07) is 17.1. The summed E-state index contributed by atoms with van der Waals surface area (Å²) in [6.45, 7) is 4.39. The first-order chi connectivity index (χ1) is 13.4. The van der Waals surface area contributed by atoms with E-state index in [1.807, 2.05) is 30.3 Å². The zero-order valence-electron chi connectivity index (χ0n) is 16.5. The number of fused-ring (bicyclic) bond motifs is 1. The first kappa shape index (κ1) is 18.8. The Bertz CT molecular complexity index is 1010. The van der Waals surface area contributed by atoms with Crippen LogP contribution >= 0.6 is 0 Å². The van der Waals surface area contributed by atoms with Gasteiger partial charge in [0.1, 0.15) is 17.1 Å². The lowest BCUT2D eigenvalue weighted by molar-refractivity contribution is -0.128. The van der Waals surface area contributed by atoms with Crippen LogP contribution < -0.4 is 0 Å². The van der Waals surface area contributed by atoms with Gasteiger partial charge in [0.2, 0.25) is 0 Å². The van der Waals surface area contributed by atoms with Gasteiger partial charge in [0.05, 0.1) is 0 Å². The first-order valence-electron chi connectivity index (χ1n) is 9.97. The number of pyridine rings is 1. The van der Waals surface area contributed by atoms with E-state index in [9.17, 15) is 9.18 Å². The van der Waals surface area contributed by atoms with Crippen LogP contribution in [0.4, 0.5) is 4.39 Å². The number of nitrogens with zero attached hydrogens (tertiary/aromatic N) is 1. The van der Waals surface area contributed by atoms with Crippen molar-refractivity contribution >= 4 is 16.7 Å². The summed E-state index contributed by atoms with van der Waals surface area (Å²) in [5.41, 5.74) is 2.27. The second-order valence-corrected chi connectivity index (χ2v) is 8.97. The fraction of sp³-hybridized carbons (Fsp3) is 0.360. The second kappa shape index (κ2) is 7.12. The molecule has 1 saturated carbocycles. The minimum Gasteiger partial charge on any atom is -0.299 e. The molecule has 4 rings (SSSR count). The molecule has 0 saturated heterocycles. The van der Waals surface area contributed by atoms with Gasteiger partial charge in [-0.1, -0.05) is 56.3 Å². The molecule has 0 radical (unpaired) electrons. The molecule has 0 N–H and O–H groups in total. The molecule has 0 spiro atoms. The molecular formula is C25H26FNO. The Balaban J connectivity index is 1.60. The molecule has 2 nitrogen and oxygen atoms in total. The number of rotatable bonds is 7. The SMILES string of the molecule is CC1(CC(C)(Cc2ccccc2)C(=O)Cc2cnc3c(F)cccc3c2)CC1. The normalized spacial score (nSPS) is 17.2. The van der Waals surface area contributed by atoms with Crippen LogP contribution in [0.25, 0.3) is 10.9 Å². The highest BCUT2D eigenvalue weighted by Gasteiger charge is 2.46. The van der Waals surface area contributed by atoms with Gasteiger partial charge in [-0.05, 0) is 54.4 Å². The first-order valence-corrected chi connectivity index (χ1v) is 9.97. The maximum atomic E-state index is 13.9. The van der Waals surface area contributed by atoms with Crippen molar-refractivity contribution in [1.29, 1.82) is 0 Å². The van der Waals surface area contributed by atoms with Crippen LogP contribution in [0.15, 0.2) is 60.8 Å². The van der Waals surface area contributed by atoms with Crippen molar-refractivity contribution in [1.82, 2.24) is 4.98 Å². The van der Waals surface area contributed by atoms with Gasteiger partial charge in [-0.25, -0.2) is 4.39 Å². The van der Waals surface area contributed by atoms with Crippen molar-refractivity contribution in [3.8, 4) is 0 Å².